The first-order valence-electron chi connectivity index (χ1n) is 29.4. The standard InChI is InChI=1S/C64H92/c1-2-5-17-30-50(31-18-6-3-1)61-54(43-56(61)49-28-21-22-29-49)45-64-41-40-60(64)63(55-38-39-59(55)64)58-44-57(62(58)51-35-23-34-48(36-37-51)46-24-15-9-10-16-25-46)53-33-20-12-11-19-32-52(42-53)47-26-13-7-4-8-14-27-47/h11-12,19-20,33,42-44,46-51,55,59-60,63H,1-10,13-18,21-32,34-41,45H2/b19-11-,20-12-,52-42?,53-33+. The first-order valence-corrected chi connectivity index (χ1v) is 29.4. The molecule has 0 heteroatoms. The van der Waals surface area contributed by atoms with Gasteiger partial charge in [0.1, 0.15) is 0 Å². The Hall–Kier alpha value is -2.08. The van der Waals surface area contributed by atoms with Crippen molar-refractivity contribution in [2.75, 3.05) is 0 Å². The van der Waals surface area contributed by atoms with Crippen LogP contribution >= 0.6 is 0 Å². The molecule has 7 unspecified atom stereocenters. The average molecular weight is 861 g/mol. The highest BCUT2D eigenvalue weighted by molar-refractivity contribution is 5.67. The third-order valence-electron chi connectivity index (χ3n) is 21.5. The smallest absolute Gasteiger partial charge is 0.00936 e. The highest BCUT2D eigenvalue weighted by Crippen LogP contribution is 2.76. The van der Waals surface area contributed by atoms with E-state index >= 15 is 0 Å². The van der Waals surface area contributed by atoms with Crippen molar-refractivity contribution in [2.24, 2.45) is 64.6 Å². The summed E-state index contributed by atoms with van der Waals surface area (Å²) in [6, 6.07) is 0. The maximum atomic E-state index is 2.89. The molecule has 64 heavy (non-hydrogen) atoms. The summed E-state index contributed by atoms with van der Waals surface area (Å²) in [5.41, 5.74) is 15.3. The average Bonchev–Trinajstić information content (AvgIpc) is 3.61. The van der Waals surface area contributed by atoms with Gasteiger partial charge in [0.2, 0.25) is 0 Å². The number of rotatable bonds is 9. The van der Waals surface area contributed by atoms with Crippen molar-refractivity contribution < 1.29 is 0 Å². The number of allylic oxidation sites excluding steroid dienone is 16. The lowest BCUT2D eigenvalue weighted by molar-refractivity contribution is -0.0155. The summed E-state index contributed by atoms with van der Waals surface area (Å²) in [5, 5.41) is 0. The largest absolute Gasteiger partial charge is 0.0804 e. The fraction of sp³-hybridized carbons (Fsp3) is 0.750. The molecule has 0 aromatic rings. The highest BCUT2D eigenvalue weighted by Gasteiger charge is 2.68. The van der Waals surface area contributed by atoms with E-state index in [2.05, 4.69) is 48.6 Å². The number of hydrogen-bond acceptors (Lipinski definition) is 0. The van der Waals surface area contributed by atoms with E-state index in [1.807, 2.05) is 27.9 Å². The summed E-state index contributed by atoms with van der Waals surface area (Å²) in [4.78, 5) is 0. The molecule has 0 spiro atoms. The van der Waals surface area contributed by atoms with Crippen LogP contribution in [0.1, 0.15) is 238 Å². The molecule has 8 fully saturated rings. The molecule has 0 heterocycles. The molecule has 0 nitrogen and oxygen atoms in total. The van der Waals surface area contributed by atoms with Gasteiger partial charge in [0.15, 0.2) is 0 Å². The molecule has 0 aromatic heterocycles. The molecule has 7 atom stereocenters. The first-order chi connectivity index (χ1) is 31.7. The summed E-state index contributed by atoms with van der Waals surface area (Å²) in [5.74, 6) is 9.02. The van der Waals surface area contributed by atoms with Gasteiger partial charge in [-0.25, -0.2) is 0 Å². The zero-order valence-corrected chi connectivity index (χ0v) is 41.1. The molecule has 11 rings (SSSR count). The fourth-order valence-corrected chi connectivity index (χ4v) is 17.9. The molecule has 0 bridgehead atoms. The molecule has 0 aromatic carbocycles. The topological polar surface area (TPSA) is 0 Å². The van der Waals surface area contributed by atoms with E-state index in [0.717, 1.165) is 65.6 Å². The SMILES string of the molecule is C1=C(CC23CCC2C(C2=CC(/C4=C/C=C\C=C/CC(C5CCCCCCC5)=C4)=C2C2CCCC(C4CCCCCC4)CC2)C2CCC23)C(C2CCCCCCCCC2)=C1C1CCCC1. The number of fused-ring (bicyclic) bond motifs is 3. The third kappa shape index (κ3) is 9.01. The Morgan fingerprint density at radius 3 is 1.70 bits per heavy atom. The lowest BCUT2D eigenvalue weighted by Gasteiger charge is -2.54. The summed E-state index contributed by atoms with van der Waals surface area (Å²) in [7, 11) is 0. The molecule has 8 saturated carbocycles. The van der Waals surface area contributed by atoms with Crippen molar-refractivity contribution in [3.8, 4) is 0 Å². The van der Waals surface area contributed by atoms with E-state index < -0.39 is 0 Å². The molecule has 0 N–H and O–H groups in total. The normalized spacial score (nSPS) is 38.5. The second-order valence-electron chi connectivity index (χ2n) is 24.7. The van der Waals surface area contributed by atoms with Gasteiger partial charge < -0.3 is 0 Å². The zero-order chi connectivity index (χ0) is 42.7. The Bertz CT molecular complexity index is 1860. The van der Waals surface area contributed by atoms with Gasteiger partial charge in [-0.2, -0.15) is 0 Å². The number of hydrogen-bond donors (Lipinski definition) is 0. The molecule has 0 amide bonds. The Kier molecular flexibility index (Phi) is 14.3. The summed E-state index contributed by atoms with van der Waals surface area (Å²) in [6.45, 7) is 0. The molecule has 0 saturated heterocycles. The Balaban J connectivity index is 0.896. The minimum atomic E-state index is 0.592. The van der Waals surface area contributed by atoms with Crippen LogP contribution in [0.5, 0.6) is 0 Å². The third-order valence-corrected chi connectivity index (χ3v) is 21.5. The molecule has 0 radical (unpaired) electrons. The molecule has 0 aliphatic heterocycles. The van der Waals surface area contributed by atoms with E-state index in [-0.39, 0.29) is 0 Å². The molecule has 11 aliphatic carbocycles. The molecular weight excluding hydrogens is 769 g/mol. The van der Waals surface area contributed by atoms with E-state index in [4.69, 9.17) is 0 Å². The lowest BCUT2D eigenvalue weighted by Crippen LogP contribution is -2.45. The lowest BCUT2D eigenvalue weighted by atomic mass is 9.50. The fourth-order valence-electron chi connectivity index (χ4n) is 17.9. The summed E-state index contributed by atoms with van der Waals surface area (Å²) in [6.07, 6.45) is 75.1. The predicted octanol–water partition coefficient (Wildman–Crippen LogP) is 19.1. The van der Waals surface area contributed by atoms with E-state index in [1.165, 1.54) is 231 Å². The maximum Gasteiger partial charge on any atom is -0.00936 e. The maximum absolute atomic E-state index is 2.89. The van der Waals surface area contributed by atoms with Gasteiger partial charge in [0.05, 0.1) is 0 Å². The van der Waals surface area contributed by atoms with Crippen LogP contribution in [0.15, 0.2) is 93.2 Å². The summed E-state index contributed by atoms with van der Waals surface area (Å²) < 4.78 is 0. The Labute approximate surface area is 393 Å². The van der Waals surface area contributed by atoms with E-state index in [9.17, 15) is 0 Å². The zero-order valence-electron chi connectivity index (χ0n) is 41.1. The van der Waals surface area contributed by atoms with Crippen LogP contribution in [0.3, 0.4) is 0 Å². The van der Waals surface area contributed by atoms with Gasteiger partial charge in [-0.05, 0) is 200 Å². The first kappa shape index (κ1) is 44.4. The molecule has 348 valence electrons. The van der Waals surface area contributed by atoms with Crippen molar-refractivity contribution in [1.82, 2.24) is 0 Å². The van der Waals surface area contributed by atoms with Crippen LogP contribution in [-0.2, 0) is 0 Å². The van der Waals surface area contributed by atoms with Crippen LogP contribution in [0.2, 0.25) is 0 Å². The van der Waals surface area contributed by atoms with Crippen LogP contribution in [-0.4, -0.2) is 0 Å². The second-order valence-corrected chi connectivity index (χ2v) is 24.7. The van der Waals surface area contributed by atoms with Gasteiger partial charge in [-0.3, -0.25) is 0 Å². The van der Waals surface area contributed by atoms with Gasteiger partial charge >= 0.3 is 0 Å². The van der Waals surface area contributed by atoms with Gasteiger partial charge in [0, 0.05) is 0 Å². The van der Waals surface area contributed by atoms with Crippen molar-refractivity contribution in [3.63, 3.8) is 0 Å². The summed E-state index contributed by atoms with van der Waals surface area (Å²) >= 11 is 0. The van der Waals surface area contributed by atoms with Crippen molar-refractivity contribution >= 4 is 0 Å². The van der Waals surface area contributed by atoms with E-state index in [1.54, 1.807) is 16.7 Å². The van der Waals surface area contributed by atoms with E-state index in [0.29, 0.717) is 5.41 Å². The minimum absolute atomic E-state index is 0.592. The Morgan fingerprint density at radius 1 is 0.438 bits per heavy atom. The predicted molar refractivity (Wildman–Crippen MR) is 273 cm³/mol. The Morgan fingerprint density at radius 2 is 1.03 bits per heavy atom. The minimum Gasteiger partial charge on any atom is -0.0804 e. The second kappa shape index (κ2) is 20.6. The van der Waals surface area contributed by atoms with Crippen LogP contribution in [0.4, 0.5) is 0 Å². The highest BCUT2D eigenvalue weighted by atomic mass is 14.7. The molecule has 11 aliphatic rings. The van der Waals surface area contributed by atoms with Crippen LogP contribution in [0.25, 0.3) is 0 Å². The van der Waals surface area contributed by atoms with Crippen LogP contribution < -0.4 is 0 Å². The quantitative estimate of drug-likeness (QED) is 0.203. The van der Waals surface area contributed by atoms with Gasteiger partial charge in [-0.1, -0.05) is 195 Å². The van der Waals surface area contributed by atoms with Crippen LogP contribution in [0, 0.1) is 64.6 Å². The monoisotopic (exact) mass is 861 g/mol. The molecular formula is C64H92. The van der Waals surface area contributed by atoms with Crippen molar-refractivity contribution in [2.45, 2.75) is 238 Å². The van der Waals surface area contributed by atoms with Crippen molar-refractivity contribution in [3.05, 3.63) is 93.2 Å². The van der Waals surface area contributed by atoms with Gasteiger partial charge in [0.25, 0.3) is 0 Å². The van der Waals surface area contributed by atoms with Gasteiger partial charge in [-0.15, -0.1) is 0 Å². The van der Waals surface area contributed by atoms with Crippen molar-refractivity contribution in [1.29, 1.82) is 0 Å².